The summed E-state index contributed by atoms with van der Waals surface area (Å²) in [5, 5.41) is 13.9. The number of amides is 2. The van der Waals surface area contributed by atoms with E-state index < -0.39 is 34.9 Å². The zero-order valence-electron chi connectivity index (χ0n) is 15.6. The zero-order chi connectivity index (χ0) is 20.9. The highest BCUT2D eigenvalue weighted by molar-refractivity contribution is 5.90. The van der Waals surface area contributed by atoms with Crippen molar-refractivity contribution in [1.29, 1.82) is 0 Å². The SMILES string of the molecule is CC(C)(C)OC(=O)N[C@H]1CN(OC(C=O)OCc2ccc([N+](=O)[O-])cc2)C1=O. The number of nitrogens with zero attached hydrogens (tertiary/aromatic N) is 2. The fraction of sp³-hybridized carbons (Fsp3) is 0.471. The minimum absolute atomic E-state index is 0.0311. The predicted molar refractivity (Wildman–Crippen MR) is 93.7 cm³/mol. The summed E-state index contributed by atoms with van der Waals surface area (Å²) >= 11 is 0. The van der Waals surface area contributed by atoms with Gasteiger partial charge in [-0.2, -0.15) is 0 Å². The van der Waals surface area contributed by atoms with Gasteiger partial charge in [0.2, 0.25) is 6.29 Å². The summed E-state index contributed by atoms with van der Waals surface area (Å²) in [6, 6.07) is 4.77. The topological polar surface area (TPSA) is 137 Å². The lowest BCUT2D eigenvalue weighted by molar-refractivity contribution is -0.384. The van der Waals surface area contributed by atoms with Crippen molar-refractivity contribution in [3.05, 3.63) is 39.9 Å². The van der Waals surface area contributed by atoms with Gasteiger partial charge in [0.25, 0.3) is 11.6 Å². The standard InChI is InChI=1S/C17H21N3O8/c1-17(2,3)27-16(23)18-13-8-19(15(13)22)28-14(9-21)26-10-11-4-6-12(7-5-11)20(24)25/h4-7,9,13-14H,8,10H2,1-3H3,(H,18,23)/t13-,14?/m0/s1. The molecule has 1 heterocycles. The van der Waals surface area contributed by atoms with Crippen molar-refractivity contribution in [1.82, 2.24) is 10.4 Å². The van der Waals surface area contributed by atoms with Crippen LogP contribution in [-0.4, -0.2) is 52.8 Å². The lowest BCUT2D eigenvalue weighted by atomic mass is 10.1. The highest BCUT2D eigenvalue weighted by Crippen LogP contribution is 2.16. The fourth-order valence-corrected chi connectivity index (χ4v) is 2.16. The Morgan fingerprint density at radius 3 is 2.54 bits per heavy atom. The molecule has 1 saturated heterocycles. The Morgan fingerprint density at radius 2 is 2.04 bits per heavy atom. The van der Waals surface area contributed by atoms with E-state index >= 15 is 0 Å². The van der Waals surface area contributed by atoms with E-state index in [4.69, 9.17) is 14.3 Å². The number of benzene rings is 1. The first kappa shape index (κ1) is 21.3. The predicted octanol–water partition coefficient (Wildman–Crippen LogP) is 1.30. The van der Waals surface area contributed by atoms with Crippen molar-refractivity contribution in [3.8, 4) is 0 Å². The molecule has 0 bridgehead atoms. The van der Waals surface area contributed by atoms with Crippen LogP contribution in [0.25, 0.3) is 0 Å². The molecule has 2 atom stereocenters. The molecule has 11 heteroatoms. The Hall–Kier alpha value is -3.05. The molecular formula is C17H21N3O8. The van der Waals surface area contributed by atoms with Crippen molar-refractivity contribution in [3.63, 3.8) is 0 Å². The number of non-ortho nitro benzene ring substituents is 1. The summed E-state index contributed by atoms with van der Waals surface area (Å²) in [7, 11) is 0. The molecular weight excluding hydrogens is 374 g/mol. The Labute approximate surface area is 160 Å². The summed E-state index contributed by atoms with van der Waals surface area (Å²) in [4.78, 5) is 50.0. The van der Waals surface area contributed by atoms with Crippen LogP contribution in [0.3, 0.4) is 0 Å². The molecule has 0 saturated carbocycles. The minimum Gasteiger partial charge on any atom is -0.444 e. The smallest absolute Gasteiger partial charge is 0.408 e. The number of nitrogens with one attached hydrogen (secondary N) is 1. The highest BCUT2D eigenvalue weighted by atomic mass is 16.8. The van der Waals surface area contributed by atoms with Crippen molar-refractivity contribution in [2.75, 3.05) is 6.54 Å². The lowest BCUT2D eigenvalue weighted by Crippen LogP contribution is -2.64. The minimum atomic E-state index is -1.35. The maximum atomic E-state index is 12.0. The van der Waals surface area contributed by atoms with Crippen LogP contribution in [0, 0.1) is 10.1 Å². The number of nitro groups is 1. The average Bonchev–Trinajstić information content (AvgIpc) is 2.61. The van der Waals surface area contributed by atoms with Gasteiger partial charge in [-0.15, -0.1) is 0 Å². The number of carbonyl (C=O) groups excluding carboxylic acids is 3. The van der Waals surface area contributed by atoms with Gasteiger partial charge in [-0.3, -0.25) is 19.7 Å². The van der Waals surface area contributed by atoms with Crippen molar-refractivity contribution < 1.29 is 33.6 Å². The Balaban J connectivity index is 1.77. The molecule has 0 radical (unpaired) electrons. The summed E-state index contributed by atoms with van der Waals surface area (Å²) in [6.45, 7) is 5.07. The molecule has 11 nitrogen and oxygen atoms in total. The second kappa shape index (κ2) is 8.76. The summed E-state index contributed by atoms with van der Waals surface area (Å²) in [5.41, 5.74) is -0.177. The van der Waals surface area contributed by atoms with E-state index in [1.165, 1.54) is 24.3 Å². The number of hydrogen-bond acceptors (Lipinski definition) is 8. The third kappa shape index (κ3) is 5.99. The largest absolute Gasteiger partial charge is 0.444 e. The molecule has 2 amide bonds. The Morgan fingerprint density at radius 1 is 1.39 bits per heavy atom. The van der Waals surface area contributed by atoms with E-state index in [-0.39, 0.29) is 18.8 Å². The molecule has 152 valence electrons. The highest BCUT2D eigenvalue weighted by Gasteiger charge is 2.41. The molecule has 0 aliphatic carbocycles. The van der Waals surface area contributed by atoms with E-state index in [0.29, 0.717) is 11.8 Å². The van der Waals surface area contributed by atoms with Crippen molar-refractivity contribution in [2.24, 2.45) is 0 Å². The van der Waals surface area contributed by atoms with Gasteiger partial charge in [-0.25, -0.2) is 14.7 Å². The van der Waals surface area contributed by atoms with Crippen LogP contribution in [-0.2, 0) is 30.5 Å². The molecule has 1 aliphatic rings. The summed E-state index contributed by atoms with van der Waals surface area (Å²) < 4.78 is 10.3. The Bertz CT molecular complexity index is 744. The lowest BCUT2D eigenvalue weighted by Gasteiger charge is -2.38. The molecule has 1 unspecified atom stereocenters. The van der Waals surface area contributed by atoms with Crippen molar-refractivity contribution in [2.45, 2.75) is 45.3 Å². The van der Waals surface area contributed by atoms with Gasteiger partial charge in [-0.05, 0) is 38.5 Å². The number of alkyl carbamates (subject to hydrolysis) is 1. The maximum Gasteiger partial charge on any atom is 0.408 e. The number of hydrogen-bond donors (Lipinski definition) is 1. The van der Waals surface area contributed by atoms with Gasteiger partial charge in [0.1, 0.15) is 11.6 Å². The van der Waals surface area contributed by atoms with Gasteiger partial charge < -0.3 is 14.8 Å². The van der Waals surface area contributed by atoms with Crippen LogP contribution in [0.4, 0.5) is 10.5 Å². The maximum absolute atomic E-state index is 12.0. The van der Waals surface area contributed by atoms with E-state index in [1.807, 2.05) is 0 Å². The van der Waals surface area contributed by atoms with Crippen LogP contribution in [0.5, 0.6) is 0 Å². The molecule has 0 spiro atoms. The first-order chi connectivity index (χ1) is 13.1. The molecule has 1 fully saturated rings. The van der Waals surface area contributed by atoms with Gasteiger partial charge >= 0.3 is 6.09 Å². The molecule has 2 rings (SSSR count). The van der Waals surface area contributed by atoms with E-state index in [0.717, 1.165) is 5.06 Å². The summed E-state index contributed by atoms with van der Waals surface area (Å²) in [6.07, 6.45) is -1.71. The van der Waals surface area contributed by atoms with E-state index in [2.05, 4.69) is 5.32 Å². The number of aldehydes is 1. The molecule has 1 aromatic carbocycles. The van der Waals surface area contributed by atoms with Crippen LogP contribution >= 0.6 is 0 Å². The number of carbonyl (C=O) groups is 3. The quantitative estimate of drug-likeness (QED) is 0.229. The van der Waals surface area contributed by atoms with E-state index in [1.54, 1.807) is 20.8 Å². The van der Waals surface area contributed by atoms with Crippen molar-refractivity contribution >= 4 is 24.0 Å². The number of hydroxylamine groups is 2. The molecule has 1 aliphatic heterocycles. The van der Waals surface area contributed by atoms with Gasteiger partial charge in [0, 0.05) is 12.1 Å². The number of ether oxygens (including phenoxy) is 2. The fourth-order valence-electron chi connectivity index (χ4n) is 2.16. The first-order valence-corrected chi connectivity index (χ1v) is 8.37. The molecule has 1 N–H and O–H groups in total. The molecule has 0 aromatic heterocycles. The van der Waals surface area contributed by atoms with Gasteiger partial charge in [0.15, 0.2) is 6.29 Å². The second-order valence-corrected chi connectivity index (χ2v) is 6.94. The van der Waals surface area contributed by atoms with Crippen LogP contribution in [0.15, 0.2) is 24.3 Å². The van der Waals surface area contributed by atoms with Crippen LogP contribution in [0.2, 0.25) is 0 Å². The number of nitro benzene ring substituents is 1. The van der Waals surface area contributed by atoms with Gasteiger partial charge in [0.05, 0.1) is 18.1 Å². The third-order valence-electron chi connectivity index (χ3n) is 3.49. The average molecular weight is 395 g/mol. The first-order valence-electron chi connectivity index (χ1n) is 8.37. The normalized spacial score (nSPS) is 17.5. The second-order valence-electron chi connectivity index (χ2n) is 6.94. The third-order valence-corrected chi connectivity index (χ3v) is 3.49. The molecule has 28 heavy (non-hydrogen) atoms. The molecule has 1 aromatic rings. The number of β-lactam (4-membered cyclic amide) rings is 1. The van der Waals surface area contributed by atoms with Crippen LogP contribution < -0.4 is 5.32 Å². The monoisotopic (exact) mass is 395 g/mol. The van der Waals surface area contributed by atoms with Crippen LogP contribution in [0.1, 0.15) is 26.3 Å². The number of rotatable bonds is 8. The van der Waals surface area contributed by atoms with Gasteiger partial charge in [-0.1, -0.05) is 0 Å². The van der Waals surface area contributed by atoms with E-state index in [9.17, 15) is 24.5 Å². The zero-order valence-corrected chi connectivity index (χ0v) is 15.6. The summed E-state index contributed by atoms with van der Waals surface area (Å²) in [5.74, 6) is -0.545. The Kier molecular flexibility index (Phi) is 6.65.